The van der Waals surface area contributed by atoms with Crippen molar-refractivity contribution in [3.05, 3.63) is 46.5 Å². The Morgan fingerprint density at radius 1 is 1.32 bits per heavy atom. The second-order valence-corrected chi connectivity index (χ2v) is 9.85. The molecule has 0 spiro atoms. The van der Waals surface area contributed by atoms with Gasteiger partial charge in [0, 0.05) is 24.4 Å². The van der Waals surface area contributed by atoms with Crippen LogP contribution in [0.1, 0.15) is 30.0 Å². The highest BCUT2D eigenvalue weighted by Crippen LogP contribution is 2.30. The van der Waals surface area contributed by atoms with Crippen LogP contribution in [0.2, 0.25) is 0 Å². The Morgan fingerprint density at radius 3 is 2.72 bits per heavy atom. The average Bonchev–Trinajstić information content (AvgIpc) is 2.96. The Hall–Kier alpha value is -1.77. The van der Waals surface area contributed by atoms with Crippen LogP contribution in [0.15, 0.2) is 30.3 Å². The number of thiazole rings is 1. The topological polar surface area (TPSA) is 79.4 Å². The summed E-state index contributed by atoms with van der Waals surface area (Å²) in [6.45, 7) is 4.15. The van der Waals surface area contributed by atoms with Gasteiger partial charge in [0.25, 0.3) is 0 Å². The van der Waals surface area contributed by atoms with E-state index in [1.165, 1.54) is 15.6 Å². The maximum Gasteiger partial charge on any atom is 0.230 e. The zero-order valence-electron chi connectivity index (χ0n) is 14.2. The lowest BCUT2D eigenvalue weighted by Gasteiger charge is -2.26. The van der Waals surface area contributed by atoms with Crippen LogP contribution in [0.3, 0.4) is 0 Å². The van der Waals surface area contributed by atoms with Gasteiger partial charge in [-0.25, -0.2) is 13.4 Å². The number of amides is 1. The van der Waals surface area contributed by atoms with Gasteiger partial charge in [-0.05, 0) is 19.4 Å². The van der Waals surface area contributed by atoms with Crippen LogP contribution >= 0.6 is 11.3 Å². The van der Waals surface area contributed by atoms with Crippen LogP contribution in [-0.2, 0) is 34.2 Å². The Balaban J connectivity index is 1.67. The highest BCUT2D eigenvalue weighted by molar-refractivity contribution is 7.89. The normalized spacial score (nSPS) is 15.2. The van der Waals surface area contributed by atoms with Gasteiger partial charge in [0.15, 0.2) is 5.13 Å². The molecule has 0 unspecified atom stereocenters. The van der Waals surface area contributed by atoms with E-state index in [9.17, 15) is 13.2 Å². The molecule has 1 aromatic heterocycles. The van der Waals surface area contributed by atoms with Gasteiger partial charge in [-0.2, -0.15) is 4.31 Å². The molecule has 1 aliphatic rings. The molecular weight excluding hydrogens is 358 g/mol. The summed E-state index contributed by atoms with van der Waals surface area (Å²) in [4.78, 5) is 17.5. The number of rotatable bonds is 5. The van der Waals surface area contributed by atoms with Crippen molar-refractivity contribution in [3.8, 4) is 0 Å². The zero-order chi connectivity index (χ0) is 18.0. The molecule has 0 atom stereocenters. The van der Waals surface area contributed by atoms with Crippen LogP contribution in [0.25, 0.3) is 0 Å². The van der Waals surface area contributed by atoms with E-state index in [2.05, 4.69) is 10.3 Å². The number of hydrogen-bond donors (Lipinski definition) is 1. The number of sulfonamides is 1. The fraction of sp³-hybridized carbons (Fsp3) is 0.412. The summed E-state index contributed by atoms with van der Waals surface area (Å²) in [7, 11) is -3.27. The number of nitrogens with zero attached hydrogens (tertiary/aromatic N) is 2. The number of aromatic nitrogens is 1. The van der Waals surface area contributed by atoms with Crippen molar-refractivity contribution in [2.75, 3.05) is 11.9 Å². The maximum atomic E-state index is 12.3. The van der Waals surface area contributed by atoms with Gasteiger partial charge >= 0.3 is 0 Å². The molecule has 25 heavy (non-hydrogen) atoms. The molecule has 134 valence electrons. The van der Waals surface area contributed by atoms with E-state index in [-0.39, 0.29) is 5.91 Å². The SMILES string of the molecule is CC(C)S(=O)(=O)N1CCc2nc(NC(=O)Cc3ccccc3)sc2C1. The van der Waals surface area contributed by atoms with Crippen molar-refractivity contribution in [3.63, 3.8) is 0 Å². The highest BCUT2D eigenvalue weighted by Gasteiger charge is 2.31. The molecular formula is C17H21N3O3S2. The second kappa shape index (κ2) is 7.23. The van der Waals surface area contributed by atoms with Gasteiger partial charge < -0.3 is 5.32 Å². The number of fused-ring (bicyclic) bond motifs is 1. The van der Waals surface area contributed by atoms with E-state index in [1.807, 2.05) is 30.3 Å². The summed E-state index contributed by atoms with van der Waals surface area (Å²) in [5.41, 5.74) is 1.82. The van der Waals surface area contributed by atoms with E-state index in [1.54, 1.807) is 13.8 Å². The number of carbonyl (C=O) groups excluding carboxylic acids is 1. The molecule has 6 nitrogen and oxygen atoms in total. The first-order valence-corrected chi connectivity index (χ1v) is 10.5. The fourth-order valence-corrected chi connectivity index (χ4v) is 5.06. The van der Waals surface area contributed by atoms with Crippen LogP contribution < -0.4 is 5.32 Å². The molecule has 3 rings (SSSR count). The Morgan fingerprint density at radius 2 is 2.04 bits per heavy atom. The molecule has 1 aromatic carbocycles. The summed E-state index contributed by atoms with van der Waals surface area (Å²) < 4.78 is 26.2. The van der Waals surface area contributed by atoms with Crippen molar-refractivity contribution >= 4 is 32.4 Å². The third-order valence-electron chi connectivity index (χ3n) is 4.11. The van der Waals surface area contributed by atoms with Crippen molar-refractivity contribution in [2.24, 2.45) is 0 Å². The smallest absolute Gasteiger partial charge is 0.230 e. The van der Waals surface area contributed by atoms with Crippen LogP contribution in [0, 0.1) is 0 Å². The van der Waals surface area contributed by atoms with Crippen molar-refractivity contribution in [2.45, 2.75) is 38.5 Å². The molecule has 0 bridgehead atoms. The van der Waals surface area contributed by atoms with E-state index in [4.69, 9.17) is 0 Å². The van der Waals surface area contributed by atoms with E-state index < -0.39 is 15.3 Å². The number of carbonyl (C=O) groups is 1. The summed E-state index contributed by atoms with van der Waals surface area (Å²) in [6, 6.07) is 9.51. The maximum absolute atomic E-state index is 12.3. The Bertz CT molecular complexity index is 861. The Labute approximate surface area is 151 Å². The molecule has 2 aromatic rings. The van der Waals surface area contributed by atoms with Crippen molar-refractivity contribution in [1.29, 1.82) is 0 Å². The predicted molar refractivity (Wildman–Crippen MR) is 99.1 cm³/mol. The van der Waals surface area contributed by atoms with Crippen molar-refractivity contribution in [1.82, 2.24) is 9.29 Å². The van der Waals surface area contributed by atoms with Gasteiger partial charge in [-0.3, -0.25) is 4.79 Å². The quantitative estimate of drug-likeness (QED) is 0.865. The van der Waals surface area contributed by atoms with Gasteiger partial charge in [0.2, 0.25) is 15.9 Å². The molecule has 0 saturated heterocycles. The monoisotopic (exact) mass is 379 g/mol. The molecule has 0 fully saturated rings. The summed E-state index contributed by atoms with van der Waals surface area (Å²) >= 11 is 1.36. The molecule has 0 radical (unpaired) electrons. The first-order valence-electron chi connectivity index (χ1n) is 8.17. The largest absolute Gasteiger partial charge is 0.302 e. The minimum absolute atomic E-state index is 0.121. The molecule has 8 heteroatoms. The molecule has 2 heterocycles. The van der Waals surface area contributed by atoms with Crippen LogP contribution in [-0.4, -0.2) is 35.4 Å². The van der Waals surface area contributed by atoms with E-state index in [0.29, 0.717) is 31.1 Å². The van der Waals surface area contributed by atoms with E-state index in [0.717, 1.165) is 16.1 Å². The highest BCUT2D eigenvalue weighted by atomic mass is 32.2. The molecule has 1 amide bonds. The second-order valence-electron chi connectivity index (χ2n) is 6.28. The van der Waals surface area contributed by atoms with Gasteiger partial charge in [-0.1, -0.05) is 30.3 Å². The predicted octanol–water partition coefficient (Wildman–Crippen LogP) is 2.42. The zero-order valence-corrected chi connectivity index (χ0v) is 15.9. The van der Waals surface area contributed by atoms with Crippen molar-refractivity contribution < 1.29 is 13.2 Å². The summed E-state index contributed by atoms with van der Waals surface area (Å²) in [5.74, 6) is -0.121. The van der Waals surface area contributed by atoms with E-state index >= 15 is 0 Å². The molecule has 1 N–H and O–H groups in total. The first kappa shape index (κ1) is 18.0. The molecule has 0 aliphatic carbocycles. The van der Waals surface area contributed by atoms with Gasteiger partial charge in [0.05, 0.1) is 17.4 Å². The fourth-order valence-electron chi connectivity index (χ4n) is 2.69. The van der Waals surface area contributed by atoms with Crippen LogP contribution in [0.5, 0.6) is 0 Å². The van der Waals surface area contributed by atoms with Crippen LogP contribution in [0.4, 0.5) is 5.13 Å². The third kappa shape index (κ3) is 4.08. The number of anilines is 1. The minimum atomic E-state index is -3.27. The first-order chi connectivity index (χ1) is 11.9. The summed E-state index contributed by atoms with van der Waals surface area (Å²) in [5, 5.41) is 2.92. The lowest BCUT2D eigenvalue weighted by molar-refractivity contribution is -0.115. The average molecular weight is 380 g/mol. The van der Waals surface area contributed by atoms with Gasteiger partial charge in [-0.15, -0.1) is 11.3 Å². The Kier molecular flexibility index (Phi) is 5.21. The number of nitrogens with one attached hydrogen (secondary N) is 1. The lowest BCUT2D eigenvalue weighted by Crippen LogP contribution is -2.39. The standard InChI is InChI=1S/C17H21N3O3S2/c1-12(2)25(22,23)20-9-8-14-15(11-20)24-17(18-14)19-16(21)10-13-6-4-3-5-7-13/h3-7,12H,8-11H2,1-2H3,(H,18,19,21). The summed E-state index contributed by atoms with van der Waals surface area (Å²) in [6.07, 6.45) is 0.866. The molecule has 0 saturated carbocycles. The number of benzene rings is 1. The lowest BCUT2D eigenvalue weighted by atomic mass is 10.1. The minimum Gasteiger partial charge on any atom is -0.302 e. The number of hydrogen-bond acceptors (Lipinski definition) is 5. The molecule has 1 aliphatic heterocycles. The third-order valence-corrected chi connectivity index (χ3v) is 7.33. The van der Waals surface area contributed by atoms with Gasteiger partial charge in [0.1, 0.15) is 0 Å².